The Labute approximate surface area is 275 Å². The van der Waals surface area contributed by atoms with Gasteiger partial charge in [0.05, 0.1) is 22.3 Å². The predicted octanol–water partition coefficient (Wildman–Crippen LogP) is 7.08. The fraction of sp³-hybridized carbons (Fsp3) is 0.216. The summed E-state index contributed by atoms with van der Waals surface area (Å²) in [5, 5.41) is 3.59. The van der Waals surface area contributed by atoms with Crippen molar-refractivity contribution in [3.8, 4) is 11.3 Å². The van der Waals surface area contributed by atoms with Crippen molar-refractivity contribution in [3.05, 3.63) is 126 Å². The number of fused-ring (bicyclic) bond motifs is 1. The number of likely N-dealkylation sites (tertiary alicyclic amines) is 1. The van der Waals surface area contributed by atoms with Gasteiger partial charge >= 0.3 is 6.18 Å². The van der Waals surface area contributed by atoms with Crippen molar-refractivity contribution in [2.75, 3.05) is 25.0 Å². The Balaban J connectivity index is 1.21. The van der Waals surface area contributed by atoms with Gasteiger partial charge in [-0.05, 0) is 79.4 Å². The molecule has 0 unspecified atom stereocenters. The highest BCUT2D eigenvalue weighted by molar-refractivity contribution is 6.09. The number of alkyl halides is 3. The number of halogens is 3. The van der Waals surface area contributed by atoms with Crippen molar-refractivity contribution < 1.29 is 27.6 Å². The molecule has 1 saturated heterocycles. The standard InChI is InChI=1S/C37H32F3N5O3/c1-44(35(47)29-11-8-20-41-32(29)25-12-16-28(17-13-25)37(38,39)40)31-19-15-26-23-27(14-18-30(26)42-31)34(46)43-33(24-9-4-2-5-10-24)36(48)45-21-6-3-7-22-45/h2,4-5,8-20,23,33H,3,6-7,21-22H2,1H3,(H,43,46)/t33-/m0/s1. The van der Waals surface area contributed by atoms with E-state index in [0.29, 0.717) is 46.5 Å². The molecule has 3 heterocycles. The summed E-state index contributed by atoms with van der Waals surface area (Å²) >= 11 is 0. The maximum absolute atomic E-state index is 13.6. The van der Waals surface area contributed by atoms with Gasteiger partial charge in [-0.2, -0.15) is 13.2 Å². The lowest BCUT2D eigenvalue weighted by Crippen LogP contribution is -2.45. The van der Waals surface area contributed by atoms with Crippen LogP contribution in [-0.2, 0) is 11.0 Å². The Morgan fingerprint density at radius 1 is 0.854 bits per heavy atom. The number of carbonyl (C=O) groups is 3. The second kappa shape index (κ2) is 13.6. The Morgan fingerprint density at radius 3 is 2.29 bits per heavy atom. The van der Waals surface area contributed by atoms with E-state index in [1.54, 1.807) is 49.5 Å². The van der Waals surface area contributed by atoms with Crippen LogP contribution in [0.2, 0.25) is 0 Å². The van der Waals surface area contributed by atoms with Crippen molar-refractivity contribution in [2.24, 2.45) is 0 Å². The van der Waals surface area contributed by atoms with Crippen molar-refractivity contribution in [3.63, 3.8) is 0 Å². The predicted molar refractivity (Wildman–Crippen MR) is 176 cm³/mol. The minimum Gasteiger partial charge on any atom is -0.341 e. The van der Waals surface area contributed by atoms with E-state index in [-0.39, 0.29) is 17.2 Å². The molecule has 0 saturated carbocycles. The molecule has 3 amide bonds. The first-order chi connectivity index (χ1) is 23.1. The van der Waals surface area contributed by atoms with E-state index in [1.165, 1.54) is 23.2 Å². The van der Waals surface area contributed by atoms with Crippen molar-refractivity contribution in [1.82, 2.24) is 20.2 Å². The molecule has 1 N–H and O–H groups in total. The summed E-state index contributed by atoms with van der Waals surface area (Å²) in [6, 6.07) is 24.3. The van der Waals surface area contributed by atoms with Gasteiger partial charge in [0.15, 0.2) is 0 Å². The average Bonchev–Trinajstić information content (AvgIpc) is 3.12. The number of carbonyl (C=O) groups excluding carboxylic acids is 3. The third-order valence-electron chi connectivity index (χ3n) is 8.43. The molecule has 1 atom stereocenters. The highest BCUT2D eigenvalue weighted by atomic mass is 19.4. The summed E-state index contributed by atoms with van der Waals surface area (Å²) in [5.74, 6) is -0.668. The molecule has 6 rings (SSSR count). The van der Waals surface area contributed by atoms with E-state index in [4.69, 9.17) is 0 Å². The lowest BCUT2D eigenvalue weighted by atomic mass is 10.0. The van der Waals surface area contributed by atoms with Crippen LogP contribution in [0.15, 0.2) is 103 Å². The molecule has 0 radical (unpaired) electrons. The summed E-state index contributed by atoms with van der Waals surface area (Å²) in [6.07, 6.45) is -0.0632. The largest absolute Gasteiger partial charge is 0.416 e. The van der Waals surface area contributed by atoms with Gasteiger partial charge in [-0.1, -0.05) is 42.5 Å². The minimum atomic E-state index is -4.48. The van der Waals surface area contributed by atoms with Crippen LogP contribution in [0.4, 0.5) is 19.0 Å². The number of hydrogen-bond donors (Lipinski definition) is 1. The van der Waals surface area contributed by atoms with E-state index in [1.807, 2.05) is 35.2 Å². The molecule has 8 nitrogen and oxygen atoms in total. The van der Waals surface area contributed by atoms with Gasteiger partial charge in [-0.15, -0.1) is 0 Å². The zero-order valence-corrected chi connectivity index (χ0v) is 26.1. The van der Waals surface area contributed by atoms with Gasteiger partial charge in [0.2, 0.25) is 5.91 Å². The van der Waals surface area contributed by atoms with Gasteiger partial charge in [-0.25, -0.2) is 4.98 Å². The number of anilines is 1. The van der Waals surface area contributed by atoms with Crippen LogP contribution in [0.5, 0.6) is 0 Å². The highest BCUT2D eigenvalue weighted by Gasteiger charge is 2.31. The molecule has 2 aromatic heterocycles. The molecule has 3 aromatic carbocycles. The summed E-state index contributed by atoms with van der Waals surface area (Å²) in [7, 11) is 1.55. The maximum atomic E-state index is 13.6. The lowest BCUT2D eigenvalue weighted by Gasteiger charge is -2.31. The molecule has 48 heavy (non-hydrogen) atoms. The van der Waals surface area contributed by atoms with Gasteiger partial charge in [0.1, 0.15) is 11.9 Å². The number of aromatic nitrogens is 2. The number of hydrogen-bond acceptors (Lipinski definition) is 5. The first kappa shape index (κ1) is 32.4. The number of rotatable bonds is 7. The monoisotopic (exact) mass is 651 g/mol. The third-order valence-corrected chi connectivity index (χ3v) is 8.43. The molecule has 0 spiro atoms. The van der Waals surface area contributed by atoms with Crippen LogP contribution < -0.4 is 10.2 Å². The third kappa shape index (κ3) is 6.90. The zero-order valence-electron chi connectivity index (χ0n) is 26.1. The molecule has 1 fully saturated rings. The first-order valence-electron chi connectivity index (χ1n) is 15.6. The topological polar surface area (TPSA) is 95.5 Å². The summed E-state index contributed by atoms with van der Waals surface area (Å²) in [6.45, 7) is 1.33. The fourth-order valence-corrected chi connectivity index (χ4v) is 5.80. The molecule has 11 heteroatoms. The van der Waals surface area contributed by atoms with Crippen LogP contribution in [0.3, 0.4) is 0 Å². The summed E-state index contributed by atoms with van der Waals surface area (Å²) < 4.78 is 39.3. The second-order valence-electron chi connectivity index (χ2n) is 11.6. The zero-order chi connectivity index (χ0) is 33.8. The van der Waals surface area contributed by atoms with Crippen molar-refractivity contribution >= 4 is 34.4 Å². The van der Waals surface area contributed by atoms with E-state index >= 15 is 0 Å². The van der Waals surface area contributed by atoms with E-state index in [0.717, 1.165) is 31.4 Å². The number of piperidine rings is 1. The second-order valence-corrected chi connectivity index (χ2v) is 11.6. The normalized spacial score (nSPS) is 14.0. The number of pyridine rings is 2. The minimum absolute atomic E-state index is 0.135. The molecular weight excluding hydrogens is 619 g/mol. The smallest absolute Gasteiger partial charge is 0.341 e. The molecule has 1 aliphatic heterocycles. The summed E-state index contributed by atoms with van der Waals surface area (Å²) in [5.41, 5.74) is 1.59. The Kier molecular flexibility index (Phi) is 9.20. The summed E-state index contributed by atoms with van der Waals surface area (Å²) in [4.78, 5) is 52.7. The van der Waals surface area contributed by atoms with Crippen LogP contribution >= 0.6 is 0 Å². The van der Waals surface area contributed by atoms with E-state index < -0.39 is 29.6 Å². The molecule has 0 bridgehead atoms. The van der Waals surface area contributed by atoms with Gasteiger partial charge < -0.3 is 10.2 Å². The SMILES string of the molecule is CN(C(=O)c1cccnc1-c1ccc(C(F)(F)F)cc1)c1ccc2cc(C(=O)N[C@H](C(=O)N3CCCCC3)c3ccccc3)ccc2n1. The Bertz CT molecular complexity index is 1960. The quantitative estimate of drug-likeness (QED) is 0.203. The Hall–Kier alpha value is -5.58. The molecule has 0 aliphatic carbocycles. The average molecular weight is 652 g/mol. The lowest BCUT2D eigenvalue weighted by molar-refractivity contribution is -0.137. The molecule has 244 valence electrons. The van der Waals surface area contributed by atoms with Crippen LogP contribution in [-0.4, -0.2) is 52.7 Å². The van der Waals surface area contributed by atoms with Crippen LogP contribution in [0, 0.1) is 0 Å². The van der Waals surface area contributed by atoms with E-state index in [9.17, 15) is 27.6 Å². The van der Waals surface area contributed by atoms with Gasteiger partial charge in [0.25, 0.3) is 11.8 Å². The number of benzene rings is 3. The van der Waals surface area contributed by atoms with Crippen LogP contribution in [0.1, 0.15) is 57.1 Å². The number of amides is 3. The first-order valence-corrected chi connectivity index (χ1v) is 15.6. The fourth-order valence-electron chi connectivity index (χ4n) is 5.80. The molecule has 1 aliphatic rings. The van der Waals surface area contributed by atoms with Crippen molar-refractivity contribution in [2.45, 2.75) is 31.5 Å². The van der Waals surface area contributed by atoms with Gasteiger partial charge in [0, 0.05) is 42.8 Å². The number of nitrogens with one attached hydrogen (secondary N) is 1. The maximum Gasteiger partial charge on any atom is 0.416 e. The highest BCUT2D eigenvalue weighted by Crippen LogP contribution is 2.32. The van der Waals surface area contributed by atoms with Crippen molar-refractivity contribution in [1.29, 1.82) is 0 Å². The van der Waals surface area contributed by atoms with Gasteiger partial charge in [-0.3, -0.25) is 24.3 Å². The molecule has 5 aromatic rings. The molecular formula is C37H32F3N5O3. The van der Waals surface area contributed by atoms with E-state index in [2.05, 4.69) is 15.3 Å². The van der Waals surface area contributed by atoms with Crippen LogP contribution in [0.25, 0.3) is 22.2 Å². The Morgan fingerprint density at radius 2 is 1.58 bits per heavy atom. The number of nitrogens with zero attached hydrogens (tertiary/aromatic N) is 4.